The van der Waals surface area contributed by atoms with Gasteiger partial charge in [-0.2, -0.15) is 0 Å². The number of amides is 2. The number of rotatable bonds is 11. The zero-order valence-corrected chi connectivity index (χ0v) is 21.6. The summed E-state index contributed by atoms with van der Waals surface area (Å²) in [5, 5.41) is 19.6. The molecule has 0 aromatic heterocycles. The summed E-state index contributed by atoms with van der Waals surface area (Å²) in [5.74, 6) is -2.99. The number of aliphatic hydroxyl groups is 1. The molecule has 0 saturated carbocycles. The Labute approximate surface area is 215 Å². The van der Waals surface area contributed by atoms with E-state index in [9.17, 15) is 19.5 Å². The molecule has 1 aromatic carbocycles. The molecular weight excluding hydrogens is 488 g/mol. The molecule has 2 unspecified atom stereocenters. The Kier molecular flexibility index (Phi) is 7.55. The van der Waals surface area contributed by atoms with Crippen LogP contribution < -0.4 is 4.90 Å². The van der Waals surface area contributed by atoms with Crippen molar-refractivity contribution in [2.75, 3.05) is 24.6 Å². The Hall–Kier alpha value is -2.03. The first-order valence-electron chi connectivity index (χ1n) is 12.2. The van der Waals surface area contributed by atoms with E-state index in [2.05, 4.69) is 6.58 Å². The fourth-order valence-electron chi connectivity index (χ4n) is 6.32. The Morgan fingerprint density at radius 1 is 1.26 bits per heavy atom. The SMILES string of the molecule is C=CCN(C(=O)C1N(CCCCCCO)C(=O)[C@@H]2[C@@H](C(=O)O)[C@@]3(C)CCC12S3)c1ccccc1Cl. The molecule has 7 nitrogen and oxygen atoms in total. The third-order valence-corrected chi connectivity index (χ3v) is 10.1. The molecule has 3 fully saturated rings. The molecule has 1 aromatic rings. The number of thioether (sulfide) groups is 1. The lowest BCUT2D eigenvalue weighted by atomic mass is 9.66. The molecule has 3 aliphatic rings. The van der Waals surface area contributed by atoms with Gasteiger partial charge in [0.25, 0.3) is 5.91 Å². The van der Waals surface area contributed by atoms with E-state index >= 15 is 0 Å². The average molecular weight is 521 g/mol. The van der Waals surface area contributed by atoms with Gasteiger partial charge in [-0.05, 0) is 44.7 Å². The van der Waals surface area contributed by atoms with Gasteiger partial charge in [-0.25, -0.2) is 0 Å². The standard InChI is InChI=1S/C26H33ClN2O5S/c1-3-14-28(18-11-7-6-10-17(18)27)23(32)21-26-13-12-25(2,35-26)20(24(33)34)19(26)22(31)29(21)15-8-4-5-9-16-30/h3,6-7,10-11,19-21,30H,1,4-5,8-9,12-16H2,2H3,(H,33,34)/t19-,20-,21?,25+,26?/m0/s1. The van der Waals surface area contributed by atoms with E-state index < -0.39 is 33.3 Å². The fraction of sp³-hybridized carbons (Fsp3) is 0.577. The summed E-state index contributed by atoms with van der Waals surface area (Å²) in [6.45, 7) is 6.47. The molecule has 2 amide bonds. The molecule has 9 heteroatoms. The first-order valence-corrected chi connectivity index (χ1v) is 13.4. The number of carbonyl (C=O) groups is 3. The zero-order chi connectivity index (χ0) is 25.4. The summed E-state index contributed by atoms with van der Waals surface area (Å²) in [6, 6.07) is 6.32. The summed E-state index contributed by atoms with van der Waals surface area (Å²) in [4.78, 5) is 43.7. The number of fused-ring (bicyclic) bond motifs is 1. The number of carbonyl (C=O) groups excluding carboxylic acids is 2. The predicted molar refractivity (Wildman–Crippen MR) is 138 cm³/mol. The van der Waals surface area contributed by atoms with Crippen molar-refractivity contribution >= 4 is 46.8 Å². The molecule has 0 radical (unpaired) electrons. The molecule has 35 heavy (non-hydrogen) atoms. The van der Waals surface area contributed by atoms with Gasteiger partial charge in [-0.3, -0.25) is 14.4 Å². The van der Waals surface area contributed by atoms with Crippen molar-refractivity contribution in [3.63, 3.8) is 0 Å². The minimum atomic E-state index is -0.968. The van der Waals surface area contributed by atoms with Crippen molar-refractivity contribution in [1.29, 1.82) is 0 Å². The number of unbranched alkanes of at least 4 members (excludes halogenated alkanes) is 3. The fourth-order valence-corrected chi connectivity index (χ4v) is 8.91. The molecular formula is C26H33ClN2O5S. The molecule has 5 atom stereocenters. The number of aliphatic carboxylic acids is 1. The molecule has 1 spiro atoms. The molecule has 3 aliphatic heterocycles. The highest BCUT2D eigenvalue weighted by molar-refractivity contribution is 8.02. The maximum absolute atomic E-state index is 14.3. The van der Waals surface area contributed by atoms with Gasteiger partial charge in [0.15, 0.2) is 0 Å². The van der Waals surface area contributed by atoms with Crippen LogP contribution in [0.4, 0.5) is 5.69 Å². The number of anilines is 1. The first kappa shape index (κ1) is 26.0. The summed E-state index contributed by atoms with van der Waals surface area (Å²) in [6.07, 6.45) is 5.93. The number of hydrogen-bond acceptors (Lipinski definition) is 5. The van der Waals surface area contributed by atoms with Gasteiger partial charge in [-0.15, -0.1) is 18.3 Å². The summed E-state index contributed by atoms with van der Waals surface area (Å²) in [5.41, 5.74) is 0.549. The van der Waals surface area contributed by atoms with Gasteiger partial charge < -0.3 is 20.0 Å². The second-order valence-corrected chi connectivity index (χ2v) is 12.2. The van der Waals surface area contributed by atoms with Crippen LogP contribution in [0.1, 0.15) is 45.4 Å². The summed E-state index contributed by atoms with van der Waals surface area (Å²) in [7, 11) is 0. The van der Waals surface area contributed by atoms with Crippen molar-refractivity contribution in [3.05, 3.63) is 41.9 Å². The van der Waals surface area contributed by atoms with Gasteiger partial charge >= 0.3 is 5.97 Å². The van der Waals surface area contributed by atoms with Crippen LogP contribution >= 0.6 is 23.4 Å². The largest absolute Gasteiger partial charge is 0.481 e. The van der Waals surface area contributed by atoms with E-state index in [1.165, 1.54) is 11.8 Å². The van der Waals surface area contributed by atoms with Crippen LogP contribution in [0.5, 0.6) is 0 Å². The maximum atomic E-state index is 14.3. The third-order valence-electron chi connectivity index (χ3n) is 7.80. The summed E-state index contributed by atoms with van der Waals surface area (Å²) >= 11 is 8.00. The number of para-hydroxylation sites is 1. The third kappa shape index (κ3) is 4.27. The minimum Gasteiger partial charge on any atom is -0.481 e. The van der Waals surface area contributed by atoms with E-state index in [4.69, 9.17) is 16.7 Å². The van der Waals surface area contributed by atoms with E-state index in [1.807, 2.05) is 13.0 Å². The number of nitrogens with zero attached hydrogens (tertiary/aromatic N) is 2. The maximum Gasteiger partial charge on any atom is 0.308 e. The highest BCUT2D eigenvalue weighted by Gasteiger charge is 2.77. The predicted octanol–water partition coefficient (Wildman–Crippen LogP) is 3.98. The van der Waals surface area contributed by atoms with Gasteiger partial charge in [0, 0.05) is 24.4 Å². The molecule has 3 heterocycles. The van der Waals surface area contributed by atoms with Gasteiger partial charge in [0.1, 0.15) is 6.04 Å². The number of likely N-dealkylation sites (tertiary alicyclic amines) is 1. The summed E-state index contributed by atoms with van der Waals surface area (Å²) < 4.78 is -1.36. The Morgan fingerprint density at radius 3 is 2.63 bits per heavy atom. The normalized spacial score (nSPS) is 31.0. The van der Waals surface area contributed by atoms with E-state index in [1.54, 1.807) is 34.1 Å². The van der Waals surface area contributed by atoms with Crippen molar-refractivity contribution in [2.24, 2.45) is 11.8 Å². The van der Waals surface area contributed by atoms with E-state index in [0.29, 0.717) is 42.9 Å². The molecule has 2 N–H and O–H groups in total. The lowest BCUT2D eigenvalue weighted by Crippen LogP contribution is -2.55. The lowest BCUT2D eigenvalue weighted by molar-refractivity contribution is -0.150. The van der Waals surface area contributed by atoms with Gasteiger partial charge in [0.05, 0.1) is 27.3 Å². The topological polar surface area (TPSA) is 98.2 Å². The van der Waals surface area contributed by atoms with E-state index in [-0.39, 0.29) is 25.0 Å². The highest BCUT2D eigenvalue weighted by atomic mass is 35.5. The van der Waals surface area contributed by atoms with Crippen molar-refractivity contribution in [2.45, 2.75) is 61.0 Å². The number of aliphatic hydroxyl groups excluding tert-OH is 1. The Morgan fingerprint density at radius 2 is 1.97 bits per heavy atom. The Balaban J connectivity index is 1.74. The molecule has 0 aliphatic carbocycles. The van der Waals surface area contributed by atoms with Crippen LogP contribution in [-0.2, 0) is 14.4 Å². The van der Waals surface area contributed by atoms with Crippen LogP contribution in [0.25, 0.3) is 0 Å². The van der Waals surface area contributed by atoms with Gasteiger partial charge in [0.2, 0.25) is 5.91 Å². The lowest BCUT2D eigenvalue weighted by Gasteiger charge is -2.37. The van der Waals surface area contributed by atoms with Crippen molar-refractivity contribution in [1.82, 2.24) is 4.90 Å². The van der Waals surface area contributed by atoms with Crippen LogP contribution in [0.3, 0.4) is 0 Å². The Bertz CT molecular complexity index is 1020. The number of benzene rings is 1. The number of carboxylic acid groups (broad SMARTS) is 1. The first-order chi connectivity index (χ1) is 16.7. The smallest absolute Gasteiger partial charge is 0.308 e. The highest BCUT2D eigenvalue weighted by Crippen LogP contribution is 2.71. The second kappa shape index (κ2) is 10.1. The van der Waals surface area contributed by atoms with Crippen molar-refractivity contribution < 1.29 is 24.6 Å². The number of halogens is 1. The molecule has 4 rings (SSSR count). The monoisotopic (exact) mass is 520 g/mol. The van der Waals surface area contributed by atoms with Crippen molar-refractivity contribution in [3.8, 4) is 0 Å². The number of hydrogen-bond donors (Lipinski definition) is 2. The average Bonchev–Trinajstić information content (AvgIpc) is 3.38. The quantitative estimate of drug-likeness (QED) is 0.338. The second-order valence-electron chi connectivity index (χ2n) is 9.92. The van der Waals surface area contributed by atoms with Crippen LogP contribution in [0.2, 0.25) is 5.02 Å². The molecule has 2 bridgehead atoms. The van der Waals surface area contributed by atoms with E-state index in [0.717, 1.165) is 12.8 Å². The molecule has 3 saturated heterocycles. The van der Waals surface area contributed by atoms with Crippen LogP contribution in [-0.4, -0.2) is 68.1 Å². The number of carboxylic acids is 1. The minimum absolute atomic E-state index is 0.124. The molecule has 190 valence electrons. The van der Waals surface area contributed by atoms with Gasteiger partial charge in [-0.1, -0.05) is 42.7 Å². The van der Waals surface area contributed by atoms with Crippen LogP contribution in [0.15, 0.2) is 36.9 Å². The zero-order valence-electron chi connectivity index (χ0n) is 20.0. The van der Waals surface area contributed by atoms with Crippen LogP contribution in [0, 0.1) is 11.8 Å².